The highest BCUT2D eigenvalue weighted by Gasteiger charge is 2.35. The molecule has 1 heteroatoms. The van der Waals surface area contributed by atoms with E-state index < -0.39 is 0 Å². The standard InChI is InChI=1S/C26H45N/c1-23(2,3)21-18-20(19-14-16-26(10,11)17-15-19)12-13-22(21)27(24(4,5)6)25(7,8)9/h12-13,18-19H,14-17H2,1-11H3. The zero-order valence-electron chi connectivity index (χ0n) is 20.1. The van der Waals surface area contributed by atoms with Crippen molar-refractivity contribution < 1.29 is 0 Å². The van der Waals surface area contributed by atoms with Crippen LogP contribution in [0.1, 0.15) is 119 Å². The molecule has 1 nitrogen and oxygen atoms in total. The maximum absolute atomic E-state index is 2.62. The normalized spacial score (nSPS) is 19.2. The van der Waals surface area contributed by atoms with Gasteiger partial charge in [-0.1, -0.05) is 46.8 Å². The van der Waals surface area contributed by atoms with Gasteiger partial charge in [-0.05, 0) is 101 Å². The largest absolute Gasteiger partial charge is 0.362 e. The molecule has 154 valence electrons. The Bertz CT molecular complexity index is 622. The number of benzene rings is 1. The maximum atomic E-state index is 2.62. The van der Waals surface area contributed by atoms with Gasteiger partial charge in [0.05, 0.1) is 0 Å². The minimum atomic E-state index is 0.0780. The molecule has 27 heavy (non-hydrogen) atoms. The monoisotopic (exact) mass is 371 g/mol. The molecule has 0 unspecified atom stereocenters. The highest BCUT2D eigenvalue weighted by Crippen LogP contribution is 2.45. The summed E-state index contributed by atoms with van der Waals surface area (Å²) in [5.74, 6) is 0.728. The van der Waals surface area contributed by atoms with Crippen LogP contribution in [-0.4, -0.2) is 11.1 Å². The molecule has 0 N–H and O–H groups in total. The van der Waals surface area contributed by atoms with Crippen molar-refractivity contribution in [3.63, 3.8) is 0 Å². The van der Waals surface area contributed by atoms with Crippen molar-refractivity contribution in [2.24, 2.45) is 5.41 Å². The highest BCUT2D eigenvalue weighted by molar-refractivity contribution is 5.61. The predicted octanol–water partition coefficient (Wildman–Crippen LogP) is 8.07. The van der Waals surface area contributed by atoms with Crippen LogP contribution in [-0.2, 0) is 5.41 Å². The zero-order valence-corrected chi connectivity index (χ0v) is 20.1. The first kappa shape index (κ1) is 22.3. The maximum Gasteiger partial charge on any atom is 0.0413 e. The molecule has 1 aliphatic rings. The lowest BCUT2D eigenvalue weighted by Gasteiger charge is -2.49. The van der Waals surface area contributed by atoms with E-state index in [4.69, 9.17) is 0 Å². The molecule has 1 fully saturated rings. The van der Waals surface area contributed by atoms with E-state index in [1.54, 1.807) is 5.56 Å². The summed E-state index contributed by atoms with van der Waals surface area (Å²) in [6.07, 6.45) is 5.36. The smallest absolute Gasteiger partial charge is 0.0413 e. The van der Waals surface area contributed by atoms with E-state index in [9.17, 15) is 0 Å². The number of anilines is 1. The van der Waals surface area contributed by atoms with Crippen LogP contribution in [0.4, 0.5) is 5.69 Å². The van der Waals surface area contributed by atoms with Crippen LogP contribution in [0.2, 0.25) is 0 Å². The van der Waals surface area contributed by atoms with Gasteiger partial charge >= 0.3 is 0 Å². The van der Waals surface area contributed by atoms with E-state index in [0.29, 0.717) is 5.41 Å². The summed E-state index contributed by atoms with van der Waals surface area (Å²) in [5, 5.41) is 0. The van der Waals surface area contributed by atoms with E-state index in [1.165, 1.54) is 36.9 Å². The van der Waals surface area contributed by atoms with Gasteiger partial charge in [0.15, 0.2) is 0 Å². The minimum Gasteiger partial charge on any atom is -0.362 e. The van der Waals surface area contributed by atoms with Gasteiger partial charge in [0.1, 0.15) is 0 Å². The first-order chi connectivity index (χ1) is 12.0. The Kier molecular flexibility index (Phi) is 5.89. The Morgan fingerprint density at radius 2 is 1.30 bits per heavy atom. The average molecular weight is 372 g/mol. The highest BCUT2D eigenvalue weighted by atomic mass is 15.2. The topological polar surface area (TPSA) is 3.24 Å². The first-order valence-corrected chi connectivity index (χ1v) is 11.0. The third-order valence-electron chi connectivity index (χ3n) is 6.22. The van der Waals surface area contributed by atoms with Crippen LogP contribution in [0.15, 0.2) is 18.2 Å². The lowest BCUT2D eigenvalue weighted by Crippen LogP contribution is -2.53. The Balaban J connectivity index is 2.51. The quantitative estimate of drug-likeness (QED) is 0.508. The molecule has 2 rings (SSSR count). The Morgan fingerprint density at radius 1 is 0.815 bits per heavy atom. The second-order valence-electron chi connectivity index (χ2n) is 12.6. The zero-order chi connectivity index (χ0) is 20.8. The van der Waals surface area contributed by atoms with Crippen molar-refractivity contribution in [2.45, 2.75) is 124 Å². The van der Waals surface area contributed by atoms with Gasteiger partial charge in [0.2, 0.25) is 0 Å². The molecule has 1 aromatic rings. The van der Waals surface area contributed by atoms with Crippen molar-refractivity contribution in [3.05, 3.63) is 29.3 Å². The molecule has 0 bridgehead atoms. The van der Waals surface area contributed by atoms with E-state index >= 15 is 0 Å². The van der Waals surface area contributed by atoms with Gasteiger partial charge in [-0.25, -0.2) is 0 Å². The van der Waals surface area contributed by atoms with Crippen LogP contribution in [0.25, 0.3) is 0 Å². The summed E-state index contributed by atoms with van der Waals surface area (Å²) in [5.41, 5.74) is 5.27. The van der Waals surface area contributed by atoms with Crippen LogP contribution < -0.4 is 4.90 Å². The van der Waals surface area contributed by atoms with Crippen LogP contribution >= 0.6 is 0 Å². The molecular weight excluding hydrogens is 326 g/mol. The predicted molar refractivity (Wildman–Crippen MR) is 122 cm³/mol. The van der Waals surface area contributed by atoms with E-state index in [2.05, 4.69) is 99.3 Å². The van der Waals surface area contributed by atoms with Crippen molar-refractivity contribution in [1.29, 1.82) is 0 Å². The van der Waals surface area contributed by atoms with Gasteiger partial charge < -0.3 is 4.90 Å². The van der Waals surface area contributed by atoms with Crippen LogP contribution in [0, 0.1) is 5.41 Å². The third kappa shape index (κ3) is 5.30. The average Bonchev–Trinajstić information content (AvgIpc) is 2.43. The summed E-state index contributed by atoms with van der Waals surface area (Å²) in [4.78, 5) is 2.62. The molecule has 1 aliphatic carbocycles. The molecular formula is C26H45N. The molecule has 0 atom stereocenters. The third-order valence-corrected chi connectivity index (χ3v) is 6.22. The number of rotatable bonds is 2. The van der Waals surface area contributed by atoms with Gasteiger partial charge in [0, 0.05) is 16.8 Å². The number of hydrogen-bond acceptors (Lipinski definition) is 1. The van der Waals surface area contributed by atoms with Gasteiger partial charge in [-0.3, -0.25) is 0 Å². The lowest BCUT2D eigenvalue weighted by atomic mass is 9.70. The molecule has 0 aromatic heterocycles. The van der Waals surface area contributed by atoms with E-state index in [1.807, 2.05) is 0 Å². The van der Waals surface area contributed by atoms with Crippen LogP contribution in [0.5, 0.6) is 0 Å². The Morgan fingerprint density at radius 3 is 1.70 bits per heavy atom. The fraction of sp³-hybridized carbons (Fsp3) is 0.769. The van der Waals surface area contributed by atoms with Crippen molar-refractivity contribution in [3.8, 4) is 0 Å². The van der Waals surface area contributed by atoms with E-state index in [-0.39, 0.29) is 16.5 Å². The van der Waals surface area contributed by atoms with Gasteiger partial charge in [-0.2, -0.15) is 0 Å². The minimum absolute atomic E-state index is 0.0780. The fourth-order valence-electron chi connectivity index (χ4n) is 5.06. The fourth-order valence-corrected chi connectivity index (χ4v) is 5.06. The second kappa shape index (κ2) is 7.12. The summed E-state index contributed by atoms with van der Waals surface area (Å²) in [6, 6.07) is 7.40. The SMILES string of the molecule is CC1(C)CCC(c2ccc(N(C(C)(C)C)C(C)(C)C)c(C(C)(C)C)c2)CC1. The molecule has 0 aliphatic heterocycles. The summed E-state index contributed by atoms with van der Waals surface area (Å²) < 4.78 is 0. The second-order valence-corrected chi connectivity index (χ2v) is 12.6. The van der Waals surface area contributed by atoms with E-state index in [0.717, 1.165) is 5.92 Å². The van der Waals surface area contributed by atoms with Gasteiger partial charge in [0.25, 0.3) is 0 Å². The molecule has 0 saturated heterocycles. The lowest BCUT2D eigenvalue weighted by molar-refractivity contribution is 0.224. The summed E-state index contributed by atoms with van der Waals surface area (Å²) >= 11 is 0. The molecule has 0 heterocycles. The number of hydrogen-bond donors (Lipinski definition) is 0. The molecule has 0 spiro atoms. The first-order valence-electron chi connectivity index (χ1n) is 11.0. The molecule has 0 amide bonds. The Labute approximate surface area is 169 Å². The summed E-state index contributed by atoms with van der Waals surface area (Å²) in [6.45, 7) is 26.0. The number of nitrogens with zero attached hydrogens (tertiary/aromatic N) is 1. The summed E-state index contributed by atoms with van der Waals surface area (Å²) in [7, 11) is 0. The van der Waals surface area contributed by atoms with Crippen molar-refractivity contribution in [2.75, 3.05) is 4.90 Å². The van der Waals surface area contributed by atoms with Crippen molar-refractivity contribution in [1.82, 2.24) is 0 Å². The van der Waals surface area contributed by atoms with Gasteiger partial charge in [-0.15, -0.1) is 0 Å². The van der Waals surface area contributed by atoms with Crippen LogP contribution in [0.3, 0.4) is 0 Å². The Hall–Kier alpha value is -0.980. The molecule has 0 radical (unpaired) electrons. The van der Waals surface area contributed by atoms with Crippen molar-refractivity contribution >= 4 is 5.69 Å². The molecule has 1 saturated carbocycles. The molecule has 1 aromatic carbocycles.